The first kappa shape index (κ1) is 24.1. The van der Waals surface area contributed by atoms with Crippen LogP contribution in [0.25, 0.3) is 0 Å². The number of pyridine rings is 2. The lowest BCUT2D eigenvalue weighted by atomic mass is 9.86. The van der Waals surface area contributed by atoms with E-state index >= 15 is 0 Å². The summed E-state index contributed by atoms with van der Waals surface area (Å²) in [6, 6.07) is 4.48. The summed E-state index contributed by atoms with van der Waals surface area (Å²) in [5.41, 5.74) is 6.44. The third-order valence-corrected chi connectivity index (χ3v) is 5.78. The van der Waals surface area contributed by atoms with Crippen LogP contribution in [0.3, 0.4) is 0 Å². The quantitative estimate of drug-likeness (QED) is 0.439. The Morgan fingerprint density at radius 3 is 2.52 bits per heavy atom. The molecule has 2 aromatic heterocycles. The minimum absolute atomic E-state index is 0.0510. The van der Waals surface area contributed by atoms with E-state index in [-0.39, 0.29) is 23.5 Å². The van der Waals surface area contributed by atoms with Crippen molar-refractivity contribution < 1.29 is 19.8 Å². The molecule has 0 unspecified atom stereocenters. The minimum Gasteiger partial charge on any atom is -0.506 e. The summed E-state index contributed by atoms with van der Waals surface area (Å²) in [6.07, 6.45) is 4.09. The summed E-state index contributed by atoms with van der Waals surface area (Å²) in [4.78, 5) is 34.0. The number of anilines is 3. The zero-order valence-electron chi connectivity index (χ0n) is 19.4. The SMILES string of the molecule is Cc1nc(Nc2cc(N[C@@H]3CCCC[C@@H]3N(C(=O)O)C(C)(C)C)cnc2C(N)=O)ccc1O. The normalized spacial score (nSPS) is 18.4. The number of nitrogens with two attached hydrogens (primary N) is 1. The Balaban J connectivity index is 1.90. The van der Waals surface area contributed by atoms with Crippen molar-refractivity contribution in [1.82, 2.24) is 14.9 Å². The highest BCUT2D eigenvalue weighted by Crippen LogP contribution is 2.32. The van der Waals surface area contributed by atoms with Crippen molar-refractivity contribution in [2.75, 3.05) is 10.6 Å². The summed E-state index contributed by atoms with van der Waals surface area (Å²) < 4.78 is 0. The van der Waals surface area contributed by atoms with Gasteiger partial charge in [0.2, 0.25) is 0 Å². The number of aromatic nitrogens is 2. The number of hydrogen-bond donors (Lipinski definition) is 5. The Hall–Kier alpha value is -3.56. The van der Waals surface area contributed by atoms with E-state index in [2.05, 4.69) is 20.6 Å². The average molecular weight is 457 g/mol. The summed E-state index contributed by atoms with van der Waals surface area (Å²) in [5, 5.41) is 26.1. The van der Waals surface area contributed by atoms with Gasteiger partial charge in [-0.3, -0.25) is 9.69 Å². The molecule has 10 heteroatoms. The van der Waals surface area contributed by atoms with E-state index in [0.29, 0.717) is 22.9 Å². The average Bonchev–Trinajstić information content (AvgIpc) is 2.71. The zero-order valence-corrected chi connectivity index (χ0v) is 19.4. The van der Waals surface area contributed by atoms with E-state index in [1.165, 1.54) is 17.2 Å². The van der Waals surface area contributed by atoms with Gasteiger partial charge in [-0.05, 0) is 58.7 Å². The third kappa shape index (κ3) is 5.63. The van der Waals surface area contributed by atoms with Crippen LogP contribution < -0.4 is 16.4 Å². The first-order valence-electron chi connectivity index (χ1n) is 11.0. The molecule has 10 nitrogen and oxygen atoms in total. The molecule has 1 aliphatic rings. The molecule has 0 bridgehead atoms. The largest absolute Gasteiger partial charge is 0.506 e. The van der Waals surface area contributed by atoms with Gasteiger partial charge in [-0.2, -0.15) is 0 Å². The maximum Gasteiger partial charge on any atom is 0.408 e. The monoisotopic (exact) mass is 456 g/mol. The van der Waals surface area contributed by atoms with Gasteiger partial charge < -0.3 is 26.6 Å². The van der Waals surface area contributed by atoms with E-state index in [1.54, 1.807) is 19.1 Å². The molecule has 1 fully saturated rings. The maximum atomic E-state index is 12.1. The summed E-state index contributed by atoms with van der Waals surface area (Å²) in [5.74, 6) is -0.207. The van der Waals surface area contributed by atoms with Crippen molar-refractivity contribution in [2.24, 2.45) is 5.73 Å². The van der Waals surface area contributed by atoms with Gasteiger partial charge in [0.15, 0.2) is 5.69 Å². The van der Waals surface area contributed by atoms with Crippen LogP contribution >= 0.6 is 0 Å². The second-order valence-electron chi connectivity index (χ2n) is 9.34. The molecule has 2 atom stereocenters. The van der Waals surface area contributed by atoms with Crippen LogP contribution in [-0.4, -0.2) is 54.7 Å². The number of rotatable bonds is 6. The molecule has 1 saturated carbocycles. The van der Waals surface area contributed by atoms with Crippen LogP contribution in [0.1, 0.15) is 62.6 Å². The second kappa shape index (κ2) is 9.51. The minimum atomic E-state index is -0.945. The Kier molecular flexibility index (Phi) is 6.95. The zero-order chi connectivity index (χ0) is 24.3. The molecule has 0 saturated heterocycles. The number of nitrogens with zero attached hydrogens (tertiary/aromatic N) is 3. The van der Waals surface area contributed by atoms with Crippen LogP contribution in [0.5, 0.6) is 5.75 Å². The molecule has 0 radical (unpaired) electrons. The van der Waals surface area contributed by atoms with Gasteiger partial charge in [-0.25, -0.2) is 14.8 Å². The van der Waals surface area contributed by atoms with Crippen molar-refractivity contribution in [1.29, 1.82) is 0 Å². The molecular weight excluding hydrogens is 424 g/mol. The Bertz CT molecular complexity index is 1040. The molecule has 178 valence electrons. The molecule has 2 heterocycles. The van der Waals surface area contributed by atoms with E-state index in [1.807, 2.05) is 20.8 Å². The Morgan fingerprint density at radius 2 is 1.91 bits per heavy atom. The lowest BCUT2D eigenvalue weighted by Gasteiger charge is -2.45. The number of primary amides is 1. The molecule has 0 aromatic carbocycles. The predicted molar refractivity (Wildman–Crippen MR) is 126 cm³/mol. The van der Waals surface area contributed by atoms with Crippen LogP contribution in [0.15, 0.2) is 24.4 Å². The van der Waals surface area contributed by atoms with Crippen molar-refractivity contribution in [2.45, 2.75) is 71.0 Å². The number of aryl methyl sites for hydroxylation is 1. The van der Waals surface area contributed by atoms with Crippen molar-refractivity contribution in [3.63, 3.8) is 0 Å². The first-order chi connectivity index (χ1) is 15.5. The van der Waals surface area contributed by atoms with Crippen LogP contribution in [0.4, 0.5) is 22.0 Å². The van der Waals surface area contributed by atoms with E-state index in [9.17, 15) is 19.8 Å². The number of carboxylic acid groups (broad SMARTS) is 1. The highest BCUT2D eigenvalue weighted by Gasteiger charge is 2.39. The van der Waals surface area contributed by atoms with Gasteiger partial charge in [0.1, 0.15) is 11.6 Å². The molecule has 2 aromatic rings. The fourth-order valence-corrected chi connectivity index (χ4v) is 4.33. The summed E-state index contributed by atoms with van der Waals surface area (Å²) >= 11 is 0. The molecule has 3 rings (SSSR count). The predicted octanol–water partition coefficient (Wildman–Crippen LogP) is 3.83. The van der Waals surface area contributed by atoms with Gasteiger partial charge >= 0.3 is 6.09 Å². The van der Waals surface area contributed by atoms with Crippen LogP contribution in [0, 0.1) is 6.92 Å². The summed E-state index contributed by atoms with van der Waals surface area (Å²) in [7, 11) is 0. The van der Waals surface area contributed by atoms with E-state index in [0.717, 1.165) is 25.7 Å². The van der Waals surface area contributed by atoms with Crippen molar-refractivity contribution in [3.05, 3.63) is 35.8 Å². The molecule has 33 heavy (non-hydrogen) atoms. The van der Waals surface area contributed by atoms with Crippen molar-refractivity contribution >= 4 is 29.2 Å². The second-order valence-corrected chi connectivity index (χ2v) is 9.34. The van der Waals surface area contributed by atoms with Gasteiger partial charge in [0.05, 0.1) is 29.3 Å². The first-order valence-corrected chi connectivity index (χ1v) is 11.0. The molecule has 1 aliphatic carbocycles. The van der Waals surface area contributed by atoms with Gasteiger partial charge in [0.25, 0.3) is 5.91 Å². The Labute approximate surface area is 193 Å². The molecule has 2 amide bonds. The standard InChI is InChI=1S/C23H32N6O4/c1-13-18(30)9-10-19(26-13)28-16-11-14(12-25-20(16)21(24)31)27-15-7-5-6-8-17(15)29(22(32)33)23(2,3)4/h9-12,15,17,27,30H,5-8H2,1-4H3,(H2,24,31)(H,26,28)(H,32,33)/t15-,17+/m1/s1. The lowest BCUT2D eigenvalue weighted by molar-refractivity contribution is 0.0520. The van der Waals surface area contributed by atoms with Gasteiger partial charge in [-0.1, -0.05) is 12.8 Å². The molecular formula is C23H32N6O4. The number of aromatic hydroxyl groups is 1. The van der Waals surface area contributed by atoms with Gasteiger partial charge in [-0.15, -0.1) is 0 Å². The topological polar surface area (TPSA) is 154 Å². The van der Waals surface area contributed by atoms with E-state index in [4.69, 9.17) is 5.73 Å². The van der Waals surface area contributed by atoms with Crippen LogP contribution in [0.2, 0.25) is 0 Å². The molecule has 6 N–H and O–H groups in total. The molecule has 0 spiro atoms. The van der Waals surface area contributed by atoms with Crippen LogP contribution in [-0.2, 0) is 0 Å². The number of hydrogen-bond acceptors (Lipinski definition) is 7. The van der Waals surface area contributed by atoms with Gasteiger partial charge in [0, 0.05) is 11.6 Å². The molecule has 0 aliphatic heterocycles. The lowest BCUT2D eigenvalue weighted by Crippen LogP contribution is -2.58. The number of carbonyl (C=O) groups excluding carboxylic acids is 1. The fourth-order valence-electron chi connectivity index (χ4n) is 4.33. The maximum absolute atomic E-state index is 12.1. The highest BCUT2D eigenvalue weighted by molar-refractivity contribution is 5.97. The van der Waals surface area contributed by atoms with E-state index < -0.39 is 17.5 Å². The highest BCUT2D eigenvalue weighted by atomic mass is 16.4. The number of nitrogens with one attached hydrogen (secondary N) is 2. The van der Waals surface area contributed by atoms with Crippen molar-refractivity contribution in [3.8, 4) is 5.75 Å². The Morgan fingerprint density at radius 1 is 1.21 bits per heavy atom. The third-order valence-electron chi connectivity index (χ3n) is 5.78. The summed E-state index contributed by atoms with van der Waals surface area (Å²) in [6.45, 7) is 7.35. The smallest absolute Gasteiger partial charge is 0.408 e. The fraction of sp³-hybridized carbons (Fsp3) is 0.478. The number of carbonyl (C=O) groups is 2. The number of amides is 2.